The van der Waals surface area contributed by atoms with Gasteiger partial charge in [0.15, 0.2) is 5.96 Å². The van der Waals surface area contributed by atoms with Crippen molar-refractivity contribution in [3.63, 3.8) is 0 Å². The Balaban J connectivity index is 2.48. The minimum atomic E-state index is 0.549. The highest BCUT2D eigenvalue weighted by Gasteiger charge is 2.20. The van der Waals surface area contributed by atoms with Crippen LogP contribution >= 0.6 is 0 Å². The van der Waals surface area contributed by atoms with Gasteiger partial charge in [-0.05, 0) is 38.8 Å². The van der Waals surface area contributed by atoms with E-state index in [1.165, 1.54) is 25.9 Å². The standard InChI is InChI=1S/C14H30N4/c1-12-7-9-18(10-8-12)13(2)11-15-14(16(3)4)17(5)6/h12-13H,7-11H2,1-6H3. The first-order chi connectivity index (χ1) is 8.41. The van der Waals surface area contributed by atoms with Gasteiger partial charge in [-0.1, -0.05) is 6.92 Å². The zero-order valence-corrected chi connectivity index (χ0v) is 13.0. The Hall–Kier alpha value is -0.770. The van der Waals surface area contributed by atoms with E-state index in [9.17, 15) is 0 Å². The number of piperidine rings is 1. The average Bonchev–Trinajstić information content (AvgIpc) is 2.28. The molecule has 0 amide bonds. The number of aliphatic imine (C=N–C) groups is 1. The Morgan fingerprint density at radius 1 is 1.17 bits per heavy atom. The fraction of sp³-hybridized carbons (Fsp3) is 0.929. The van der Waals surface area contributed by atoms with E-state index >= 15 is 0 Å². The smallest absolute Gasteiger partial charge is 0.195 e. The third-order valence-corrected chi connectivity index (χ3v) is 3.74. The molecule has 4 nitrogen and oxygen atoms in total. The van der Waals surface area contributed by atoms with Crippen LogP contribution in [0.1, 0.15) is 26.7 Å². The molecule has 1 rings (SSSR count). The number of likely N-dealkylation sites (tertiary alicyclic amines) is 1. The second kappa shape index (κ2) is 6.98. The van der Waals surface area contributed by atoms with Crippen LogP contribution in [0, 0.1) is 5.92 Å². The minimum Gasteiger partial charge on any atom is -0.349 e. The third kappa shape index (κ3) is 4.48. The van der Waals surface area contributed by atoms with Crippen LogP contribution in [0.3, 0.4) is 0 Å². The van der Waals surface area contributed by atoms with Gasteiger partial charge in [-0.3, -0.25) is 9.89 Å². The first-order valence-corrected chi connectivity index (χ1v) is 7.05. The molecule has 0 aromatic heterocycles. The third-order valence-electron chi connectivity index (χ3n) is 3.74. The van der Waals surface area contributed by atoms with E-state index in [1.807, 2.05) is 28.2 Å². The summed E-state index contributed by atoms with van der Waals surface area (Å²) in [4.78, 5) is 11.5. The second-order valence-electron chi connectivity index (χ2n) is 6.00. The quantitative estimate of drug-likeness (QED) is 0.564. The van der Waals surface area contributed by atoms with Crippen LogP contribution in [0.25, 0.3) is 0 Å². The molecule has 18 heavy (non-hydrogen) atoms. The molecule has 1 atom stereocenters. The molecule has 0 aromatic carbocycles. The summed E-state index contributed by atoms with van der Waals surface area (Å²) in [6, 6.07) is 0.549. The SMILES string of the molecule is CC1CCN(C(C)CN=C(N(C)C)N(C)C)CC1. The van der Waals surface area contributed by atoms with Crippen molar-refractivity contribution in [3.8, 4) is 0 Å². The fourth-order valence-electron chi connectivity index (χ4n) is 2.48. The van der Waals surface area contributed by atoms with Gasteiger partial charge in [0, 0.05) is 34.2 Å². The van der Waals surface area contributed by atoms with E-state index in [0.29, 0.717) is 6.04 Å². The number of nitrogens with zero attached hydrogens (tertiary/aromatic N) is 4. The minimum absolute atomic E-state index is 0.549. The summed E-state index contributed by atoms with van der Waals surface area (Å²) in [6.07, 6.45) is 2.67. The van der Waals surface area contributed by atoms with Gasteiger partial charge in [-0.25, -0.2) is 0 Å². The van der Waals surface area contributed by atoms with Crippen molar-refractivity contribution in [1.82, 2.24) is 14.7 Å². The van der Waals surface area contributed by atoms with Gasteiger partial charge in [-0.15, -0.1) is 0 Å². The van der Waals surface area contributed by atoms with Crippen molar-refractivity contribution < 1.29 is 0 Å². The first kappa shape index (κ1) is 15.3. The van der Waals surface area contributed by atoms with Gasteiger partial charge in [-0.2, -0.15) is 0 Å². The Bertz CT molecular complexity index is 255. The van der Waals surface area contributed by atoms with E-state index < -0.39 is 0 Å². The maximum absolute atomic E-state index is 4.74. The van der Waals surface area contributed by atoms with E-state index in [2.05, 4.69) is 28.5 Å². The normalized spacial score (nSPS) is 19.4. The van der Waals surface area contributed by atoms with Crippen molar-refractivity contribution in [3.05, 3.63) is 0 Å². The number of hydrogen-bond donors (Lipinski definition) is 0. The summed E-state index contributed by atoms with van der Waals surface area (Å²) in [5.74, 6) is 1.95. The van der Waals surface area contributed by atoms with Crippen LogP contribution < -0.4 is 0 Å². The molecule has 1 heterocycles. The first-order valence-electron chi connectivity index (χ1n) is 7.05. The summed E-state index contributed by atoms with van der Waals surface area (Å²) in [6.45, 7) is 8.01. The lowest BCUT2D eigenvalue weighted by Crippen LogP contribution is -2.42. The summed E-state index contributed by atoms with van der Waals surface area (Å²) < 4.78 is 0. The summed E-state index contributed by atoms with van der Waals surface area (Å²) in [5, 5.41) is 0. The molecule has 4 heteroatoms. The van der Waals surface area contributed by atoms with E-state index in [4.69, 9.17) is 4.99 Å². The number of rotatable bonds is 3. The lowest BCUT2D eigenvalue weighted by atomic mass is 9.98. The van der Waals surface area contributed by atoms with E-state index in [1.54, 1.807) is 0 Å². The molecule has 0 bridgehead atoms. The molecule has 0 aromatic rings. The molecule has 1 unspecified atom stereocenters. The Morgan fingerprint density at radius 2 is 1.67 bits per heavy atom. The zero-order valence-electron chi connectivity index (χ0n) is 13.0. The van der Waals surface area contributed by atoms with Gasteiger partial charge in [0.1, 0.15) is 0 Å². The Morgan fingerprint density at radius 3 is 2.11 bits per heavy atom. The molecule has 1 fully saturated rings. The molecule has 1 aliphatic heterocycles. The summed E-state index contributed by atoms with van der Waals surface area (Å²) >= 11 is 0. The Kier molecular flexibility index (Phi) is 5.93. The largest absolute Gasteiger partial charge is 0.349 e. The molecular weight excluding hydrogens is 224 g/mol. The van der Waals surface area contributed by atoms with Crippen molar-refractivity contribution >= 4 is 5.96 Å². The topological polar surface area (TPSA) is 22.1 Å². The second-order valence-corrected chi connectivity index (χ2v) is 6.00. The zero-order chi connectivity index (χ0) is 13.7. The number of guanidine groups is 1. The monoisotopic (exact) mass is 254 g/mol. The molecule has 1 saturated heterocycles. The highest BCUT2D eigenvalue weighted by molar-refractivity contribution is 5.79. The number of hydrogen-bond acceptors (Lipinski definition) is 2. The van der Waals surface area contributed by atoms with Gasteiger partial charge < -0.3 is 9.80 Å². The fourth-order valence-corrected chi connectivity index (χ4v) is 2.48. The van der Waals surface area contributed by atoms with Crippen molar-refractivity contribution in [1.29, 1.82) is 0 Å². The van der Waals surface area contributed by atoms with Gasteiger partial charge >= 0.3 is 0 Å². The molecule has 0 saturated carbocycles. The molecule has 0 aliphatic carbocycles. The average molecular weight is 254 g/mol. The van der Waals surface area contributed by atoms with Crippen LogP contribution in [-0.2, 0) is 0 Å². The molecule has 0 spiro atoms. The van der Waals surface area contributed by atoms with Gasteiger partial charge in [0.05, 0.1) is 6.54 Å². The van der Waals surface area contributed by atoms with Crippen LogP contribution in [0.15, 0.2) is 4.99 Å². The van der Waals surface area contributed by atoms with Crippen molar-refractivity contribution in [2.45, 2.75) is 32.7 Å². The summed E-state index contributed by atoms with van der Waals surface area (Å²) in [7, 11) is 8.19. The molecule has 106 valence electrons. The predicted octanol–water partition coefficient (Wildman–Crippen LogP) is 1.59. The summed E-state index contributed by atoms with van der Waals surface area (Å²) in [5.41, 5.74) is 0. The maximum atomic E-state index is 4.74. The van der Waals surface area contributed by atoms with Crippen LogP contribution in [0.2, 0.25) is 0 Å². The van der Waals surface area contributed by atoms with Gasteiger partial charge in [0.2, 0.25) is 0 Å². The van der Waals surface area contributed by atoms with Crippen molar-refractivity contribution in [2.75, 3.05) is 47.8 Å². The molecular formula is C14H30N4. The highest BCUT2D eigenvalue weighted by Crippen LogP contribution is 2.18. The van der Waals surface area contributed by atoms with E-state index in [0.717, 1.165) is 18.4 Å². The maximum Gasteiger partial charge on any atom is 0.195 e. The van der Waals surface area contributed by atoms with Crippen LogP contribution in [-0.4, -0.2) is 74.5 Å². The molecule has 0 N–H and O–H groups in total. The van der Waals surface area contributed by atoms with E-state index in [-0.39, 0.29) is 0 Å². The predicted molar refractivity (Wildman–Crippen MR) is 79.1 cm³/mol. The molecule has 1 aliphatic rings. The van der Waals surface area contributed by atoms with Crippen LogP contribution in [0.5, 0.6) is 0 Å². The lowest BCUT2D eigenvalue weighted by molar-refractivity contribution is 0.150. The Labute approximate surface area is 113 Å². The lowest BCUT2D eigenvalue weighted by Gasteiger charge is -2.34. The van der Waals surface area contributed by atoms with Gasteiger partial charge in [0.25, 0.3) is 0 Å². The molecule has 0 radical (unpaired) electrons. The van der Waals surface area contributed by atoms with Crippen molar-refractivity contribution in [2.24, 2.45) is 10.9 Å². The highest BCUT2D eigenvalue weighted by atomic mass is 15.3. The van der Waals surface area contributed by atoms with Crippen LogP contribution in [0.4, 0.5) is 0 Å².